The molecule has 1 amide bonds. The number of carbonyl (C=O) groups is 1. The SMILES string of the molecule is CN(C)C1CCN(C(=O)c2nnc(N)s2)C1. The van der Waals surface area contributed by atoms with Crippen LogP contribution in [0.1, 0.15) is 16.2 Å². The van der Waals surface area contributed by atoms with E-state index < -0.39 is 0 Å². The largest absolute Gasteiger partial charge is 0.374 e. The lowest BCUT2D eigenvalue weighted by Gasteiger charge is -2.19. The minimum atomic E-state index is -0.0569. The Kier molecular flexibility index (Phi) is 3.06. The Morgan fingerprint density at radius 3 is 2.81 bits per heavy atom. The third kappa shape index (κ3) is 2.14. The molecular weight excluding hydrogens is 226 g/mol. The van der Waals surface area contributed by atoms with E-state index in [1.54, 1.807) is 0 Å². The molecule has 2 N–H and O–H groups in total. The number of carbonyl (C=O) groups excluding carboxylic acids is 1. The summed E-state index contributed by atoms with van der Waals surface area (Å²) < 4.78 is 0. The number of likely N-dealkylation sites (tertiary alicyclic amines) is 1. The monoisotopic (exact) mass is 241 g/mol. The molecule has 1 fully saturated rings. The van der Waals surface area contributed by atoms with E-state index in [9.17, 15) is 4.79 Å². The van der Waals surface area contributed by atoms with Crippen LogP contribution < -0.4 is 5.73 Å². The lowest BCUT2D eigenvalue weighted by atomic mass is 10.2. The summed E-state index contributed by atoms with van der Waals surface area (Å²) in [4.78, 5) is 15.9. The van der Waals surface area contributed by atoms with Crippen molar-refractivity contribution in [2.75, 3.05) is 32.9 Å². The molecule has 6 nitrogen and oxygen atoms in total. The maximum Gasteiger partial charge on any atom is 0.284 e. The standard InChI is InChI=1S/C9H15N5OS/c1-13(2)6-3-4-14(5-6)8(15)7-11-12-9(10)16-7/h6H,3-5H2,1-2H3,(H2,10,12). The predicted molar refractivity (Wildman–Crippen MR) is 62.3 cm³/mol. The van der Waals surface area contributed by atoms with Gasteiger partial charge in [-0.3, -0.25) is 4.79 Å². The van der Waals surface area contributed by atoms with Crippen LogP contribution in [0.5, 0.6) is 0 Å². The molecule has 2 heterocycles. The number of nitrogens with two attached hydrogens (primary N) is 1. The molecule has 1 saturated heterocycles. The van der Waals surface area contributed by atoms with Crippen molar-refractivity contribution in [1.29, 1.82) is 0 Å². The first-order chi connectivity index (χ1) is 7.58. The van der Waals surface area contributed by atoms with E-state index in [0.717, 1.165) is 30.8 Å². The van der Waals surface area contributed by atoms with Crippen LogP contribution in [-0.2, 0) is 0 Å². The molecule has 1 aliphatic heterocycles. The number of anilines is 1. The molecule has 0 spiro atoms. The number of rotatable bonds is 2. The van der Waals surface area contributed by atoms with Crippen molar-refractivity contribution in [3.8, 4) is 0 Å². The normalized spacial score (nSPS) is 20.7. The van der Waals surface area contributed by atoms with Crippen molar-refractivity contribution < 1.29 is 4.79 Å². The first kappa shape index (κ1) is 11.3. The number of nitrogens with zero attached hydrogens (tertiary/aromatic N) is 4. The highest BCUT2D eigenvalue weighted by Crippen LogP contribution is 2.19. The number of likely N-dealkylation sites (N-methyl/N-ethyl adjacent to an activating group) is 1. The van der Waals surface area contributed by atoms with Gasteiger partial charge in [0.2, 0.25) is 10.1 Å². The van der Waals surface area contributed by atoms with Crippen molar-refractivity contribution >= 4 is 22.4 Å². The van der Waals surface area contributed by atoms with Crippen LogP contribution in [0.15, 0.2) is 0 Å². The average molecular weight is 241 g/mol. The molecular formula is C9H15N5OS. The number of hydrogen-bond donors (Lipinski definition) is 1. The maximum atomic E-state index is 12.0. The lowest BCUT2D eigenvalue weighted by Crippen LogP contribution is -2.34. The van der Waals surface area contributed by atoms with Crippen LogP contribution in [0.3, 0.4) is 0 Å². The van der Waals surface area contributed by atoms with Gasteiger partial charge >= 0.3 is 0 Å². The van der Waals surface area contributed by atoms with E-state index in [4.69, 9.17) is 5.73 Å². The quantitative estimate of drug-likeness (QED) is 0.782. The van der Waals surface area contributed by atoms with Gasteiger partial charge in [0.15, 0.2) is 0 Å². The van der Waals surface area contributed by atoms with Gasteiger partial charge in [0, 0.05) is 19.1 Å². The molecule has 1 atom stereocenters. The van der Waals surface area contributed by atoms with Gasteiger partial charge < -0.3 is 15.5 Å². The highest BCUT2D eigenvalue weighted by atomic mass is 32.1. The Morgan fingerprint density at radius 2 is 2.31 bits per heavy atom. The zero-order valence-corrected chi connectivity index (χ0v) is 10.2. The number of nitrogen functional groups attached to an aromatic ring is 1. The summed E-state index contributed by atoms with van der Waals surface area (Å²) in [6.45, 7) is 1.53. The van der Waals surface area contributed by atoms with Gasteiger partial charge in [0.25, 0.3) is 5.91 Å². The van der Waals surface area contributed by atoms with Crippen LogP contribution in [-0.4, -0.2) is 59.1 Å². The molecule has 0 radical (unpaired) electrons. The van der Waals surface area contributed by atoms with Crippen molar-refractivity contribution in [3.05, 3.63) is 5.01 Å². The summed E-state index contributed by atoms with van der Waals surface area (Å²) in [5, 5.41) is 8.15. The Hall–Kier alpha value is -1.21. The summed E-state index contributed by atoms with van der Waals surface area (Å²) in [5.41, 5.74) is 5.46. The summed E-state index contributed by atoms with van der Waals surface area (Å²) in [7, 11) is 4.06. The van der Waals surface area contributed by atoms with Gasteiger partial charge in [-0.2, -0.15) is 0 Å². The maximum absolute atomic E-state index is 12.0. The van der Waals surface area contributed by atoms with Gasteiger partial charge in [0.1, 0.15) is 0 Å². The molecule has 1 aromatic heterocycles. The van der Waals surface area contributed by atoms with Crippen LogP contribution in [0, 0.1) is 0 Å². The zero-order chi connectivity index (χ0) is 11.7. The highest BCUT2D eigenvalue weighted by Gasteiger charge is 2.29. The van der Waals surface area contributed by atoms with Gasteiger partial charge in [-0.25, -0.2) is 0 Å². The van der Waals surface area contributed by atoms with E-state index in [-0.39, 0.29) is 5.91 Å². The molecule has 0 saturated carbocycles. The number of aromatic nitrogens is 2. The molecule has 16 heavy (non-hydrogen) atoms. The second-order valence-electron chi connectivity index (χ2n) is 4.10. The van der Waals surface area contributed by atoms with Crippen molar-refractivity contribution in [1.82, 2.24) is 20.0 Å². The van der Waals surface area contributed by atoms with Crippen molar-refractivity contribution in [2.24, 2.45) is 0 Å². The molecule has 1 aliphatic rings. The van der Waals surface area contributed by atoms with E-state index in [2.05, 4.69) is 15.1 Å². The van der Waals surface area contributed by atoms with Crippen molar-refractivity contribution in [3.63, 3.8) is 0 Å². The molecule has 0 aromatic carbocycles. The smallest absolute Gasteiger partial charge is 0.284 e. The molecule has 0 aliphatic carbocycles. The Bertz CT molecular complexity index is 391. The Morgan fingerprint density at radius 1 is 1.56 bits per heavy atom. The topological polar surface area (TPSA) is 75.3 Å². The van der Waals surface area contributed by atoms with E-state index in [1.807, 2.05) is 19.0 Å². The minimum Gasteiger partial charge on any atom is -0.374 e. The fraction of sp³-hybridized carbons (Fsp3) is 0.667. The van der Waals surface area contributed by atoms with E-state index in [1.165, 1.54) is 0 Å². The zero-order valence-electron chi connectivity index (χ0n) is 9.38. The molecule has 88 valence electrons. The summed E-state index contributed by atoms with van der Waals surface area (Å²) >= 11 is 1.14. The Balaban J connectivity index is 2.02. The van der Waals surface area contributed by atoms with Gasteiger partial charge in [0.05, 0.1) is 0 Å². The summed E-state index contributed by atoms with van der Waals surface area (Å²) in [5.74, 6) is -0.0569. The van der Waals surface area contributed by atoms with Gasteiger partial charge in [-0.05, 0) is 20.5 Å². The molecule has 0 bridgehead atoms. The summed E-state index contributed by atoms with van der Waals surface area (Å²) in [6, 6.07) is 0.439. The van der Waals surface area contributed by atoms with E-state index in [0.29, 0.717) is 16.2 Å². The molecule has 2 rings (SSSR count). The minimum absolute atomic E-state index is 0.0569. The average Bonchev–Trinajstić information content (AvgIpc) is 2.84. The fourth-order valence-electron chi connectivity index (χ4n) is 1.80. The second-order valence-corrected chi connectivity index (χ2v) is 5.11. The third-order valence-corrected chi connectivity index (χ3v) is 3.54. The molecule has 7 heteroatoms. The lowest BCUT2D eigenvalue weighted by molar-refractivity contribution is 0.0782. The second kappa shape index (κ2) is 4.34. The van der Waals surface area contributed by atoms with Crippen LogP contribution in [0.25, 0.3) is 0 Å². The van der Waals surface area contributed by atoms with Crippen LogP contribution in [0.2, 0.25) is 0 Å². The summed E-state index contributed by atoms with van der Waals surface area (Å²) in [6.07, 6.45) is 1.01. The first-order valence-corrected chi connectivity index (χ1v) is 5.94. The van der Waals surface area contributed by atoms with Gasteiger partial charge in [-0.1, -0.05) is 11.3 Å². The fourth-order valence-corrected chi connectivity index (χ4v) is 2.38. The van der Waals surface area contributed by atoms with E-state index >= 15 is 0 Å². The predicted octanol–water partition coefficient (Wildman–Crippen LogP) is -0.104. The van der Waals surface area contributed by atoms with Gasteiger partial charge in [-0.15, -0.1) is 10.2 Å². The van der Waals surface area contributed by atoms with Crippen LogP contribution in [0.4, 0.5) is 5.13 Å². The van der Waals surface area contributed by atoms with Crippen molar-refractivity contribution in [2.45, 2.75) is 12.5 Å². The van der Waals surface area contributed by atoms with Crippen LogP contribution >= 0.6 is 11.3 Å². The number of hydrogen-bond acceptors (Lipinski definition) is 6. The Labute approximate surface area is 98.0 Å². The highest BCUT2D eigenvalue weighted by molar-refractivity contribution is 7.16. The molecule has 1 aromatic rings. The third-order valence-electron chi connectivity index (χ3n) is 2.80. The first-order valence-electron chi connectivity index (χ1n) is 5.12. The molecule has 1 unspecified atom stereocenters. The number of amides is 1.